The predicted molar refractivity (Wildman–Crippen MR) is 107 cm³/mol. The van der Waals surface area contributed by atoms with Gasteiger partial charge in [-0.15, -0.1) is 0 Å². The van der Waals surface area contributed by atoms with Crippen molar-refractivity contribution in [2.24, 2.45) is 0 Å². The maximum atomic E-state index is 12.1. The fourth-order valence-corrected chi connectivity index (χ4v) is 2.73. The lowest BCUT2D eigenvalue weighted by atomic mass is 10.2. The Bertz CT molecular complexity index is 998. The van der Waals surface area contributed by atoms with Gasteiger partial charge in [-0.2, -0.15) is 0 Å². The summed E-state index contributed by atoms with van der Waals surface area (Å²) in [7, 11) is 0. The van der Waals surface area contributed by atoms with Gasteiger partial charge in [0.2, 0.25) is 5.91 Å². The molecule has 0 aliphatic carbocycles. The first-order chi connectivity index (χ1) is 13.0. The molecule has 0 saturated heterocycles. The first-order valence-corrected chi connectivity index (χ1v) is 8.66. The number of hydrogen-bond acceptors (Lipinski definition) is 3. The molecular weight excluding hydrogens is 387 g/mol. The van der Waals surface area contributed by atoms with Crippen LogP contribution in [0.25, 0.3) is 6.08 Å². The van der Waals surface area contributed by atoms with Crippen LogP contribution in [0.4, 0.5) is 11.4 Å². The Morgan fingerprint density at radius 3 is 2.41 bits per heavy atom. The van der Waals surface area contributed by atoms with Crippen LogP contribution in [0.15, 0.2) is 71.4 Å². The van der Waals surface area contributed by atoms with Crippen molar-refractivity contribution < 1.29 is 14.0 Å². The van der Waals surface area contributed by atoms with Gasteiger partial charge in [0.1, 0.15) is 0 Å². The number of rotatable bonds is 5. The average Bonchev–Trinajstić information content (AvgIpc) is 3.16. The number of carbonyl (C=O) groups is 2. The molecule has 27 heavy (non-hydrogen) atoms. The Hall–Kier alpha value is -3.02. The average molecular weight is 401 g/mol. The summed E-state index contributed by atoms with van der Waals surface area (Å²) in [5.74, 6) is -0.511. The second-order valence-corrected chi connectivity index (χ2v) is 6.34. The van der Waals surface area contributed by atoms with Gasteiger partial charge in [-0.25, -0.2) is 0 Å². The van der Waals surface area contributed by atoms with Crippen molar-refractivity contribution in [1.29, 1.82) is 0 Å². The molecule has 3 aromatic rings. The van der Waals surface area contributed by atoms with Crippen LogP contribution < -0.4 is 10.6 Å². The Kier molecular flexibility index (Phi) is 5.96. The number of carbonyl (C=O) groups excluding carboxylic acids is 2. The lowest BCUT2D eigenvalue weighted by Crippen LogP contribution is -2.12. The maximum Gasteiger partial charge on any atom is 0.291 e. The minimum absolute atomic E-state index is 0.201. The standard InChI is InChI=1S/C20H14Cl2N2O3/c21-14-8-6-13(17(22)11-14)7-9-19(25)23-15-3-1-4-16(12-15)24-20(26)18-5-2-10-27-18/h1-12H,(H,23,25)(H,24,26)/b9-7-. The number of anilines is 2. The van der Waals surface area contributed by atoms with Crippen LogP contribution in [0, 0.1) is 0 Å². The molecule has 5 nitrogen and oxygen atoms in total. The van der Waals surface area contributed by atoms with Crippen molar-refractivity contribution in [2.45, 2.75) is 0 Å². The van der Waals surface area contributed by atoms with E-state index in [1.165, 1.54) is 12.3 Å². The molecule has 2 aromatic carbocycles. The summed E-state index contributed by atoms with van der Waals surface area (Å²) in [5.41, 5.74) is 1.73. The molecule has 0 bridgehead atoms. The molecule has 136 valence electrons. The number of benzene rings is 2. The van der Waals surface area contributed by atoms with Crippen molar-refractivity contribution in [3.63, 3.8) is 0 Å². The highest BCUT2D eigenvalue weighted by molar-refractivity contribution is 6.35. The zero-order valence-electron chi connectivity index (χ0n) is 13.9. The molecule has 0 atom stereocenters. The van der Waals surface area contributed by atoms with E-state index in [2.05, 4.69) is 10.6 Å². The van der Waals surface area contributed by atoms with Crippen molar-refractivity contribution in [3.05, 3.63) is 88.3 Å². The summed E-state index contributed by atoms with van der Waals surface area (Å²) in [6.07, 6.45) is 4.38. The molecule has 1 aromatic heterocycles. The van der Waals surface area contributed by atoms with E-state index in [1.807, 2.05) is 0 Å². The molecule has 7 heteroatoms. The van der Waals surface area contributed by atoms with E-state index in [9.17, 15) is 9.59 Å². The maximum absolute atomic E-state index is 12.1. The molecule has 0 fully saturated rings. The molecule has 1 heterocycles. The predicted octanol–water partition coefficient (Wildman–Crippen LogP) is 5.49. The third-order valence-electron chi connectivity index (χ3n) is 3.51. The van der Waals surface area contributed by atoms with Crippen LogP contribution >= 0.6 is 23.2 Å². The molecule has 3 rings (SSSR count). The lowest BCUT2D eigenvalue weighted by Gasteiger charge is -2.07. The smallest absolute Gasteiger partial charge is 0.291 e. The number of hydrogen-bond donors (Lipinski definition) is 2. The molecule has 0 aliphatic heterocycles. The van der Waals surface area contributed by atoms with E-state index >= 15 is 0 Å². The number of nitrogens with one attached hydrogen (secondary N) is 2. The van der Waals surface area contributed by atoms with Gasteiger partial charge >= 0.3 is 0 Å². The molecule has 0 aliphatic rings. The van der Waals surface area contributed by atoms with E-state index in [1.54, 1.807) is 60.7 Å². The molecular formula is C20H14Cl2N2O3. The zero-order valence-corrected chi connectivity index (χ0v) is 15.4. The van der Waals surface area contributed by atoms with Crippen molar-refractivity contribution in [2.75, 3.05) is 10.6 Å². The summed E-state index contributed by atoms with van der Waals surface area (Å²) in [5, 5.41) is 6.39. The van der Waals surface area contributed by atoms with Crippen LogP contribution in [0.5, 0.6) is 0 Å². The van der Waals surface area contributed by atoms with E-state index in [-0.39, 0.29) is 17.6 Å². The number of amides is 2. The zero-order chi connectivity index (χ0) is 19.2. The SMILES string of the molecule is O=C(/C=C\c1ccc(Cl)cc1Cl)Nc1cccc(NC(=O)c2ccco2)c1. The number of furan rings is 1. The van der Waals surface area contributed by atoms with Crippen LogP contribution in [0.3, 0.4) is 0 Å². The molecule has 0 spiro atoms. The normalized spacial score (nSPS) is 10.7. The van der Waals surface area contributed by atoms with E-state index in [4.69, 9.17) is 27.6 Å². The van der Waals surface area contributed by atoms with E-state index < -0.39 is 0 Å². The molecule has 0 saturated carbocycles. The van der Waals surface area contributed by atoms with Gasteiger partial charge in [-0.1, -0.05) is 35.3 Å². The fourth-order valence-electron chi connectivity index (χ4n) is 2.26. The Morgan fingerprint density at radius 2 is 1.70 bits per heavy atom. The van der Waals surface area contributed by atoms with Crippen LogP contribution in [-0.2, 0) is 4.79 Å². The first-order valence-electron chi connectivity index (χ1n) is 7.90. The van der Waals surface area contributed by atoms with Gasteiger partial charge in [0, 0.05) is 27.5 Å². The highest BCUT2D eigenvalue weighted by Gasteiger charge is 2.09. The van der Waals surface area contributed by atoms with Gasteiger partial charge < -0.3 is 15.1 Å². The first kappa shape index (κ1) is 18.8. The topological polar surface area (TPSA) is 71.3 Å². The summed E-state index contributed by atoms with van der Waals surface area (Å²) >= 11 is 11.9. The third-order valence-corrected chi connectivity index (χ3v) is 4.07. The number of halogens is 2. The van der Waals surface area contributed by atoms with Crippen LogP contribution in [0.1, 0.15) is 16.1 Å². The molecule has 0 radical (unpaired) electrons. The molecule has 2 N–H and O–H groups in total. The second-order valence-electron chi connectivity index (χ2n) is 5.50. The van der Waals surface area contributed by atoms with Crippen molar-refractivity contribution in [1.82, 2.24) is 0 Å². The molecule has 2 amide bonds. The van der Waals surface area contributed by atoms with Gasteiger partial charge in [-0.3, -0.25) is 9.59 Å². The van der Waals surface area contributed by atoms with Crippen LogP contribution in [-0.4, -0.2) is 11.8 Å². The summed E-state index contributed by atoms with van der Waals surface area (Å²) in [6.45, 7) is 0. The minimum Gasteiger partial charge on any atom is -0.459 e. The molecule has 0 unspecified atom stereocenters. The summed E-state index contributed by atoms with van der Waals surface area (Å²) in [4.78, 5) is 24.1. The van der Waals surface area contributed by atoms with E-state index in [0.717, 1.165) is 0 Å². The van der Waals surface area contributed by atoms with Crippen molar-refractivity contribution in [3.8, 4) is 0 Å². The summed E-state index contributed by atoms with van der Waals surface area (Å²) < 4.78 is 5.04. The largest absolute Gasteiger partial charge is 0.459 e. The van der Waals surface area contributed by atoms with Gasteiger partial charge in [0.15, 0.2) is 5.76 Å². The second kappa shape index (κ2) is 8.58. The van der Waals surface area contributed by atoms with Gasteiger partial charge in [0.05, 0.1) is 6.26 Å². The lowest BCUT2D eigenvalue weighted by molar-refractivity contribution is -0.111. The third kappa shape index (κ3) is 5.23. The monoisotopic (exact) mass is 400 g/mol. The van der Waals surface area contributed by atoms with Crippen LogP contribution in [0.2, 0.25) is 10.0 Å². The highest BCUT2D eigenvalue weighted by Crippen LogP contribution is 2.22. The van der Waals surface area contributed by atoms with Gasteiger partial charge in [-0.05, 0) is 54.1 Å². The minimum atomic E-state index is -0.374. The van der Waals surface area contributed by atoms with Gasteiger partial charge in [0.25, 0.3) is 5.91 Å². The van der Waals surface area contributed by atoms with E-state index in [0.29, 0.717) is 27.0 Å². The van der Waals surface area contributed by atoms with Crippen molar-refractivity contribution >= 4 is 52.5 Å². The Labute approximate surface area is 165 Å². The highest BCUT2D eigenvalue weighted by atomic mass is 35.5. The fraction of sp³-hybridized carbons (Fsp3) is 0. The Balaban J connectivity index is 1.64. The summed E-state index contributed by atoms with van der Waals surface area (Å²) in [6, 6.07) is 15.0. The Morgan fingerprint density at radius 1 is 0.926 bits per heavy atom. The quantitative estimate of drug-likeness (QED) is 0.556.